The van der Waals surface area contributed by atoms with Crippen LogP contribution in [0.3, 0.4) is 0 Å². The van der Waals surface area contributed by atoms with Crippen molar-refractivity contribution >= 4 is 5.82 Å². The highest BCUT2D eigenvalue weighted by Gasteiger charge is 2.32. The van der Waals surface area contributed by atoms with E-state index in [1.165, 1.54) is 42.6 Å². The number of nitrogens with one attached hydrogen (secondary N) is 1. The van der Waals surface area contributed by atoms with Crippen LogP contribution in [-0.2, 0) is 11.3 Å². The topological polar surface area (TPSA) is 37.4 Å². The lowest BCUT2D eigenvalue weighted by atomic mass is 10.1. The second-order valence-electron chi connectivity index (χ2n) is 6.46. The number of hydrogen-bond acceptors (Lipinski definition) is 4. The number of methoxy groups -OCH3 is 1. The van der Waals surface area contributed by atoms with Crippen LogP contribution in [0, 0.1) is 13.8 Å². The van der Waals surface area contributed by atoms with Gasteiger partial charge in [0.25, 0.3) is 0 Å². The first-order valence-corrected chi connectivity index (χ1v) is 8.15. The number of ether oxygens (including phenoxy) is 1. The van der Waals surface area contributed by atoms with E-state index in [4.69, 9.17) is 9.72 Å². The van der Waals surface area contributed by atoms with Gasteiger partial charge in [-0.25, -0.2) is 4.98 Å². The van der Waals surface area contributed by atoms with Crippen LogP contribution in [-0.4, -0.2) is 37.3 Å². The molecule has 4 heteroatoms. The van der Waals surface area contributed by atoms with E-state index in [1.807, 2.05) is 0 Å². The van der Waals surface area contributed by atoms with Crippen LogP contribution in [0.5, 0.6) is 0 Å². The van der Waals surface area contributed by atoms with Gasteiger partial charge < -0.3 is 15.0 Å². The molecule has 1 N–H and O–H groups in total. The van der Waals surface area contributed by atoms with Crippen molar-refractivity contribution in [3.63, 3.8) is 0 Å². The summed E-state index contributed by atoms with van der Waals surface area (Å²) < 4.78 is 5.30. The number of anilines is 1. The maximum absolute atomic E-state index is 5.30. The van der Waals surface area contributed by atoms with Gasteiger partial charge in [0.15, 0.2) is 0 Å². The summed E-state index contributed by atoms with van der Waals surface area (Å²) in [6.07, 6.45) is 5.22. The third-order valence-corrected chi connectivity index (χ3v) is 4.39. The van der Waals surface area contributed by atoms with Crippen molar-refractivity contribution in [2.45, 2.75) is 58.2 Å². The van der Waals surface area contributed by atoms with Crippen LogP contribution < -0.4 is 10.2 Å². The average molecular weight is 289 g/mol. The van der Waals surface area contributed by atoms with E-state index < -0.39 is 0 Å². The molecule has 1 aromatic heterocycles. The number of aryl methyl sites for hydroxylation is 2. The first-order valence-electron chi connectivity index (χ1n) is 8.15. The Kier molecular flexibility index (Phi) is 4.45. The summed E-state index contributed by atoms with van der Waals surface area (Å²) >= 11 is 0. The van der Waals surface area contributed by atoms with E-state index in [2.05, 4.69) is 30.1 Å². The Morgan fingerprint density at radius 1 is 1.29 bits per heavy atom. The van der Waals surface area contributed by atoms with E-state index in [1.54, 1.807) is 7.11 Å². The molecule has 0 amide bonds. The Bertz CT molecular complexity index is 495. The molecule has 2 aliphatic rings. The van der Waals surface area contributed by atoms with Gasteiger partial charge in [0.05, 0.1) is 6.61 Å². The SMILES string of the molecule is COCCN(c1nc(C)cc(C)c1CNC1CC1)C1CC1. The van der Waals surface area contributed by atoms with E-state index in [9.17, 15) is 0 Å². The van der Waals surface area contributed by atoms with Crippen molar-refractivity contribution in [3.8, 4) is 0 Å². The lowest BCUT2D eigenvalue weighted by molar-refractivity contribution is 0.204. The number of pyridine rings is 1. The fraction of sp³-hybridized carbons (Fsp3) is 0.706. The minimum absolute atomic E-state index is 0.661. The Labute approximate surface area is 127 Å². The van der Waals surface area contributed by atoms with E-state index in [0.29, 0.717) is 6.04 Å². The maximum Gasteiger partial charge on any atom is 0.133 e. The molecule has 0 aliphatic heterocycles. The smallest absolute Gasteiger partial charge is 0.133 e. The molecule has 2 fully saturated rings. The Balaban J connectivity index is 1.85. The summed E-state index contributed by atoms with van der Waals surface area (Å²) in [6.45, 7) is 6.95. The predicted octanol–water partition coefficient (Wildman–Crippen LogP) is 2.57. The maximum atomic E-state index is 5.30. The summed E-state index contributed by atoms with van der Waals surface area (Å²) in [4.78, 5) is 7.34. The van der Waals surface area contributed by atoms with Crippen molar-refractivity contribution in [3.05, 3.63) is 22.9 Å². The molecule has 0 spiro atoms. The number of aromatic nitrogens is 1. The third kappa shape index (κ3) is 3.74. The predicted molar refractivity (Wildman–Crippen MR) is 85.8 cm³/mol. The fourth-order valence-corrected chi connectivity index (χ4v) is 2.87. The molecule has 4 nitrogen and oxygen atoms in total. The van der Waals surface area contributed by atoms with E-state index >= 15 is 0 Å². The van der Waals surface area contributed by atoms with Gasteiger partial charge in [0, 0.05) is 43.5 Å². The summed E-state index contributed by atoms with van der Waals surface area (Å²) in [5.41, 5.74) is 3.84. The van der Waals surface area contributed by atoms with Crippen LogP contribution >= 0.6 is 0 Å². The Morgan fingerprint density at radius 3 is 2.67 bits per heavy atom. The first-order chi connectivity index (χ1) is 10.2. The van der Waals surface area contributed by atoms with Crippen LogP contribution in [0.15, 0.2) is 6.07 Å². The molecule has 1 heterocycles. The molecule has 0 saturated heterocycles. The standard InChI is InChI=1S/C17H27N3O/c1-12-10-13(2)19-17(16(12)11-18-14-4-5-14)20(8-9-21-3)15-6-7-15/h10,14-15,18H,4-9,11H2,1-3H3. The van der Waals surface area contributed by atoms with Gasteiger partial charge in [-0.1, -0.05) is 0 Å². The van der Waals surface area contributed by atoms with Gasteiger partial charge in [0.1, 0.15) is 5.82 Å². The molecule has 0 unspecified atom stereocenters. The zero-order valence-electron chi connectivity index (χ0n) is 13.5. The summed E-state index contributed by atoms with van der Waals surface area (Å²) in [6, 6.07) is 3.59. The third-order valence-electron chi connectivity index (χ3n) is 4.39. The Morgan fingerprint density at radius 2 is 2.05 bits per heavy atom. The van der Waals surface area contributed by atoms with Gasteiger partial charge in [0.2, 0.25) is 0 Å². The lowest BCUT2D eigenvalue weighted by Crippen LogP contribution is -2.32. The molecule has 116 valence electrons. The highest BCUT2D eigenvalue weighted by atomic mass is 16.5. The van der Waals surface area contributed by atoms with E-state index in [0.717, 1.165) is 31.4 Å². The van der Waals surface area contributed by atoms with Gasteiger partial charge in [-0.3, -0.25) is 0 Å². The molecule has 0 atom stereocenters. The minimum Gasteiger partial charge on any atom is -0.383 e. The second-order valence-corrected chi connectivity index (χ2v) is 6.46. The van der Waals surface area contributed by atoms with Crippen molar-refractivity contribution in [1.82, 2.24) is 10.3 Å². The summed E-state index contributed by atoms with van der Waals surface area (Å²) in [5.74, 6) is 1.18. The normalized spacial score (nSPS) is 18.0. The largest absolute Gasteiger partial charge is 0.383 e. The van der Waals surface area contributed by atoms with Crippen LogP contribution in [0.2, 0.25) is 0 Å². The molecule has 2 aliphatic carbocycles. The van der Waals surface area contributed by atoms with Gasteiger partial charge >= 0.3 is 0 Å². The van der Waals surface area contributed by atoms with Gasteiger partial charge in [-0.05, 0) is 51.2 Å². The summed E-state index contributed by atoms with van der Waals surface area (Å²) in [7, 11) is 1.77. The lowest BCUT2D eigenvalue weighted by Gasteiger charge is -2.27. The molecular formula is C17H27N3O. The molecule has 0 aromatic carbocycles. The zero-order chi connectivity index (χ0) is 14.8. The van der Waals surface area contributed by atoms with Crippen LogP contribution in [0.25, 0.3) is 0 Å². The number of rotatable bonds is 8. The molecule has 1 aromatic rings. The molecular weight excluding hydrogens is 262 g/mol. The van der Waals surface area contributed by atoms with Crippen molar-refractivity contribution in [2.75, 3.05) is 25.2 Å². The summed E-state index contributed by atoms with van der Waals surface area (Å²) in [5, 5.41) is 3.65. The molecule has 21 heavy (non-hydrogen) atoms. The van der Waals surface area contributed by atoms with Crippen LogP contribution in [0.1, 0.15) is 42.5 Å². The molecule has 2 saturated carbocycles. The quantitative estimate of drug-likeness (QED) is 0.798. The van der Waals surface area contributed by atoms with E-state index in [-0.39, 0.29) is 0 Å². The minimum atomic E-state index is 0.661. The van der Waals surface area contributed by atoms with Crippen molar-refractivity contribution in [2.24, 2.45) is 0 Å². The highest BCUT2D eigenvalue weighted by molar-refractivity contribution is 5.53. The van der Waals surface area contributed by atoms with Crippen molar-refractivity contribution in [1.29, 1.82) is 0 Å². The fourth-order valence-electron chi connectivity index (χ4n) is 2.87. The highest BCUT2D eigenvalue weighted by Crippen LogP contribution is 2.34. The average Bonchev–Trinajstić information content (AvgIpc) is 3.32. The zero-order valence-corrected chi connectivity index (χ0v) is 13.5. The molecule has 0 radical (unpaired) electrons. The number of nitrogens with zero attached hydrogens (tertiary/aromatic N) is 2. The second kappa shape index (κ2) is 6.32. The van der Waals surface area contributed by atoms with Crippen molar-refractivity contribution < 1.29 is 4.74 Å². The first kappa shape index (κ1) is 14.8. The van der Waals surface area contributed by atoms with Gasteiger partial charge in [-0.15, -0.1) is 0 Å². The molecule has 3 rings (SSSR count). The Hall–Kier alpha value is -1.13. The van der Waals surface area contributed by atoms with Gasteiger partial charge in [-0.2, -0.15) is 0 Å². The van der Waals surface area contributed by atoms with Crippen LogP contribution in [0.4, 0.5) is 5.82 Å². The molecule has 0 bridgehead atoms. The monoisotopic (exact) mass is 289 g/mol. The number of hydrogen-bond donors (Lipinski definition) is 1.